The highest BCUT2D eigenvalue weighted by molar-refractivity contribution is 5.74. The van der Waals surface area contributed by atoms with Crippen molar-refractivity contribution in [2.24, 2.45) is 23.7 Å². The van der Waals surface area contributed by atoms with Gasteiger partial charge in [0, 0.05) is 11.8 Å². The largest absolute Gasteiger partial charge is 0.432 e. The van der Waals surface area contributed by atoms with Crippen molar-refractivity contribution in [3.8, 4) is 0 Å². The molecule has 4 rings (SSSR count). The Hall–Kier alpha value is -0.650. The molecule has 1 saturated carbocycles. The van der Waals surface area contributed by atoms with E-state index >= 15 is 0 Å². The van der Waals surface area contributed by atoms with Crippen LogP contribution >= 0.6 is 0 Å². The Morgan fingerprint density at radius 3 is 2.62 bits per heavy atom. The van der Waals surface area contributed by atoms with Crippen LogP contribution < -0.4 is 0 Å². The minimum absolute atomic E-state index is 0.0718. The van der Waals surface area contributed by atoms with Gasteiger partial charge in [-0.15, -0.1) is 0 Å². The Morgan fingerprint density at radius 2 is 1.81 bits per heavy atom. The first-order chi connectivity index (χ1) is 10.0. The van der Waals surface area contributed by atoms with E-state index in [1.165, 1.54) is 0 Å². The average molecular weight is 296 g/mol. The highest BCUT2D eigenvalue weighted by Gasteiger charge is 2.67. The molecule has 5 nitrogen and oxygen atoms in total. The number of carbonyl (C=O) groups is 1. The number of hydrogen-bond donors (Lipinski definition) is 0. The number of esters is 1. The van der Waals surface area contributed by atoms with Crippen LogP contribution in [0.2, 0.25) is 0 Å². The quantitative estimate of drug-likeness (QED) is 0.507. The molecule has 8 atom stereocenters. The maximum atomic E-state index is 12.2. The van der Waals surface area contributed by atoms with E-state index in [-0.39, 0.29) is 30.0 Å². The Balaban J connectivity index is 1.83. The summed E-state index contributed by atoms with van der Waals surface area (Å²) >= 11 is 0. The average Bonchev–Trinajstić information content (AvgIpc) is 2.72. The van der Waals surface area contributed by atoms with E-state index in [9.17, 15) is 4.79 Å². The van der Waals surface area contributed by atoms with Crippen molar-refractivity contribution in [3.05, 3.63) is 0 Å². The molecule has 0 aromatic carbocycles. The smallest absolute Gasteiger partial charge is 0.311 e. The molecule has 0 aromatic heterocycles. The molecular formula is C16H24O5. The number of hydrogen-bond acceptors (Lipinski definition) is 5. The van der Waals surface area contributed by atoms with E-state index in [4.69, 9.17) is 19.2 Å². The fraction of sp³-hybridized carbons (Fsp3) is 0.938. The van der Waals surface area contributed by atoms with E-state index in [0.29, 0.717) is 11.8 Å². The summed E-state index contributed by atoms with van der Waals surface area (Å²) in [4.78, 5) is 24.0. The summed E-state index contributed by atoms with van der Waals surface area (Å²) in [7, 11) is 0. The standard InChI is InChI=1S/C16H24O5/c1-8-4-5-12-9(2)14(17)19-15-16(12)11(8)6-7-13(20-21-16)10(3)18-15/h8-13,15H,4-7H2,1-3H3/t8-,9-,10+,11+,12+,13+,15+,16-/m1/s1. The first-order valence-electron chi connectivity index (χ1n) is 8.24. The van der Waals surface area contributed by atoms with Gasteiger partial charge in [-0.1, -0.05) is 13.8 Å². The predicted octanol–water partition coefficient (Wildman–Crippen LogP) is 2.44. The molecule has 21 heavy (non-hydrogen) atoms. The molecule has 4 aliphatic rings. The summed E-state index contributed by atoms with van der Waals surface area (Å²) in [6.07, 6.45) is 3.28. The minimum Gasteiger partial charge on any atom is -0.432 e. The summed E-state index contributed by atoms with van der Waals surface area (Å²) in [5.41, 5.74) is -0.621. The second kappa shape index (κ2) is 4.67. The van der Waals surface area contributed by atoms with Crippen molar-refractivity contribution >= 4 is 5.97 Å². The van der Waals surface area contributed by atoms with Gasteiger partial charge in [-0.05, 0) is 38.5 Å². The first-order valence-corrected chi connectivity index (χ1v) is 8.24. The SMILES string of the molecule is C[C@@H]1CC[C@H]2[C@@H](C)C(=O)O[C@@H]3O[C@@H](C)[C@@H]4CC[C@@H]1[C@]32OO4. The lowest BCUT2D eigenvalue weighted by molar-refractivity contribution is -0.426. The number of carbonyl (C=O) groups excluding carboxylic acids is 1. The van der Waals surface area contributed by atoms with Crippen LogP contribution in [0.3, 0.4) is 0 Å². The zero-order valence-electron chi connectivity index (χ0n) is 12.9. The van der Waals surface area contributed by atoms with Gasteiger partial charge in [0.25, 0.3) is 0 Å². The van der Waals surface area contributed by atoms with Crippen LogP contribution in [0.1, 0.15) is 46.5 Å². The van der Waals surface area contributed by atoms with Crippen LogP contribution in [0.4, 0.5) is 0 Å². The van der Waals surface area contributed by atoms with Gasteiger partial charge < -0.3 is 9.47 Å². The fourth-order valence-electron chi connectivity index (χ4n) is 4.99. The van der Waals surface area contributed by atoms with Crippen molar-refractivity contribution in [1.29, 1.82) is 0 Å². The minimum atomic E-state index is -0.626. The van der Waals surface area contributed by atoms with Gasteiger partial charge >= 0.3 is 5.97 Å². The predicted molar refractivity (Wildman–Crippen MR) is 72.9 cm³/mol. The van der Waals surface area contributed by atoms with Crippen molar-refractivity contribution in [3.63, 3.8) is 0 Å². The summed E-state index contributed by atoms with van der Waals surface area (Å²) in [6.45, 7) is 6.20. The Bertz CT molecular complexity index is 452. The zero-order chi connectivity index (χ0) is 14.8. The lowest BCUT2D eigenvalue weighted by Gasteiger charge is -2.55. The van der Waals surface area contributed by atoms with Gasteiger partial charge in [-0.25, -0.2) is 9.78 Å². The van der Waals surface area contributed by atoms with E-state index in [0.717, 1.165) is 25.7 Å². The summed E-state index contributed by atoms with van der Waals surface area (Å²) in [5, 5.41) is 0. The van der Waals surface area contributed by atoms with Gasteiger partial charge in [0.05, 0.1) is 12.0 Å². The molecule has 1 spiro atoms. The molecule has 0 N–H and O–H groups in total. The van der Waals surface area contributed by atoms with E-state index in [1.807, 2.05) is 13.8 Å². The van der Waals surface area contributed by atoms with Crippen LogP contribution in [-0.4, -0.2) is 30.1 Å². The molecule has 0 unspecified atom stereocenters. The normalized spacial score (nSPS) is 56.1. The van der Waals surface area contributed by atoms with Crippen molar-refractivity contribution in [1.82, 2.24) is 0 Å². The maximum absolute atomic E-state index is 12.2. The number of rotatable bonds is 0. The van der Waals surface area contributed by atoms with Gasteiger partial charge in [-0.2, -0.15) is 0 Å². The topological polar surface area (TPSA) is 54.0 Å². The second-order valence-corrected chi connectivity index (χ2v) is 7.32. The van der Waals surface area contributed by atoms with Gasteiger partial charge in [-0.3, -0.25) is 4.79 Å². The molecular weight excluding hydrogens is 272 g/mol. The molecule has 5 heteroatoms. The summed E-state index contributed by atoms with van der Waals surface area (Å²) in [6, 6.07) is 0. The van der Waals surface area contributed by atoms with E-state index in [1.54, 1.807) is 0 Å². The van der Waals surface area contributed by atoms with Crippen LogP contribution in [0.15, 0.2) is 0 Å². The highest BCUT2D eigenvalue weighted by Crippen LogP contribution is 2.57. The molecule has 3 heterocycles. The fourth-order valence-corrected chi connectivity index (χ4v) is 4.99. The zero-order valence-corrected chi connectivity index (χ0v) is 12.9. The van der Waals surface area contributed by atoms with Crippen molar-refractivity contribution in [2.45, 2.75) is 70.6 Å². The Kier molecular flexibility index (Phi) is 3.11. The third kappa shape index (κ3) is 1.77. The Labute approximate surface area is 125 Å². The maximum Gasteiger partial charge on any atom is 0.311 e. The molecule has 3 aliphatic heterocycles. The second-order valence-electron chi connectivity index (χ2n) is 7.32. The molecule has 0 radical (unpaired) electrons. The number of fused-ring (bicyclic) bond motifs is 2. The third-order valence-electron chi connectivity index (χ3n) is 6.29. The molecule has 4 fully saturated rings. The number of ether oxygens (including phenoxy) is 2. The first kappa shape index (κ1) is 14.0. The Morgan fingerprint density at radius 1 is 1.05 bits per heavy atom. The molecule has 0 amide bonds. The monoisotopic (exact) mass is 296 g/mol. The molecule has 3 saturated heterocycles. The molecule has 118 valence electrons. The van der Waals surface area contributed by atoms with Gasteiger partial charge in [0.15, 0.2) is 5.60 Å². The van der Waals surface area contributed by atoms with E-state index < -0.39 is 11.9 Å². The molecule has 0 aromatic rings. The summed E-state index contributed by atoms with van der Waals surface area (Å²) < 4.78 is 11.7. The lowest BCUT2D eigenvalue weighted by Crippen LogP contribution is -2.67. The summed E-state index contributed by atoms with van der Waals surface area (Å²) in [5.74, 6) is 0.660. The van der Waals surface area contributed by atoms with Crippen molar-refractivity contribution < 1.29 is 24.0 Å². The van der Waals surface area contributed by atoms with Crippen LogP contribution in [-0.2, 0) is 24.0 Å². The van der Waals surface area contributed by atoms with Gasteiger partial charge in [0.2, 0.25) is 6.29 Å². The van der Waals surface area contributed by atoms with E-state index in [2.05, 4.69) is 6.92 Å². The molecule has 2 bridgehead atoms. The van der Waals surface area contributed by atoms with Crippen molar-refractivity contribution in [2.75, 3.05) is 0 Å². The highest BCUT2D eigenvalue weighted by atomic mass is 17.2. The third-order valence-corrected chi connectivity index (χ3v) is 6.29. The van der Waals surface area contributed by atoms with Crippen LogP contribution in [0, 0.1) is 23.7 Å². The lowest BCUT2D eigenvalue weighted by atomic mass is 9.58. The van der Waals surface area contributed by atoms with Gasteiger partial charge in [0.1, 0.15) is 6.10 Å². The molecule has 1 aliphatic carbocycles. The van der Waals surface area contributed by atoms with Crippen LogP contribution in [0.5, 0.6) is 0 Å². The van der Waals surface area contributed by atoms with Crippen LogP contribution in [0.25, 0.3) is 0 Å².